The highest BCUT2D eigenvalue weighted by atomic mass is 32.2. The second kappa shape index (κ2) is 2.57. The standard InChI is InChI=1S/C11H17NO2S/c1-9(2,3)11(12-4)5-10(6-11)7-15(13,14)8-10/h5-8H2,1-3H3. The average molecular weight is 227 g/mol. The molecule has 2 rings (SSSR count). The van der Waals surface area contributed by atoms with Gasteiger partial charge in [-0.1, -0.05) is 20.8 Å². The van der Waals surface area contributed by atoms with E-state index in [4.69, 9.17) is 6.57 Å². The monoisotopic (exact) mass is 227 g/mol. The fraction of sp³-hybridized carbons (Fsp3) is 0.909. The van der Waals surface area contributed by atoms with Gasteiger partial charge in [-0.05, 0) is 0 Å². The predicted molar refractivity (Wildman–Crippen MR) is 59.1 cm³/mol. The van der Waals surface area contributed by atoms with Crippen LogP contribution >= 0.6 is 0 Å². The molecule has 0 aromatic carbocycles. The first-order chi connectivity index (χ1) is 6.64. The molecular weight excluding hydrogens is 210 g/mol. The Morgan fingerprint density at radius 3 is 1.93 bits per heavy atom. The molecule has 0 atom stereocenters. The van der Waals surface area contributed by atoms with E-state index in [1.54, 1.807) is 0 Å². The van der Waals surface area contributed by atoms with Gasteiger partial charge >= 0.3 is 0 Å². The molecular formula is C11H17NO2S. The summed E-state index contributed by atoms with van der Waals surface area (Å²) in [6, 6.07) is 0. The van der Waals surface area contributed by atoms with Crippen molar-refractivity contribution in [2.45, 2.75) is 39.2 Å². The Morgan fingerprint density at radius 1 is 1.20 bits per heavy atom. The summed E-state index contributed by atoms with van der Waals surface area (Å²) in [4.78, 5) is 3.78. The average Bonchev–Trinajstić information content (AvgIpc) is 1.91. The molecule has 3 nitrogen and oxygen atoms in total. The van der Waals surface area contributed by atoms with Crippen molar-refractivity contribution in [1.82, 2.24) is 0 Å². The minimum atomic E-state index is -2.76. The Morgan fingerprint density at radius 2 is 1.67 bits per heavy atom. The fourth-order valence-electron chi connectivity index (χ4n) is 3.06. The third-order valence-corrected chi connectivity index (χ3v) is 6.10. The van der Waals surface area contributed by atoms with E-state index in [-0.39, 0.29) is 16.4 Å². The Kier molecular flexibility index (Phi) is 1.88. The zero-order valence-electron chi connectivity index (χ0n) is 9.50. The molecule has 4 heteroatoms. The summed E-state index contributed by atoms with van der Waals surface area (Å²) < 4.78 is 22.3. The molecule has 1 saturated heterocycles. The van der Waals surface area contributed by atoms with Crippen molar-refractivity contribution >= 4 is 9.84 Å². The first kappa shape index (κ1) is 10.9. The quantitative estimate of drug-likeness (QED) is 0.593. The van der Waals surface area contributed by atoms with Gasteiger partial charge < -0.3 is 4.85 Å². The van der Waals surface area contributed by atoms with E-state index in [1.807, 2.05) is 0 Å². The van der Waals surface area contributed by atoms with Gasteiger partial charge in [-0.15, -0.1) is 0 Å². The van der Waals surface area contributed by atoms with E-state index in [0.717, 1.165) is 12.8 Å². The van der Waals surface area contributed by atoms with Crippen LogP contribution in [0.15, 0.2) is 0 Å². The summed E-state index contributed by atoms with van der Waals surface area (Å²) >= 11 is 0. The molecule has 1 saturated carbocycles. The molecule has 1 aliphatic heterocycles. The van der Waals surface area contributed by atoms with Gasteiger partial charge in [-0.25, -0.2) is 15.0 Å². The van der Waals surface area contributed by atoms with Crippen LogP contribution in [0.1, 0.15) is 33.6 Å². The SMILES string of the molecule is [C-]#[N+]C1(C(C)(C)C)CC2(C1)CS(=O)(=O)C2. The zero-order chi connectivity index (χ0) is 11.5. The van der Waals surface area contributed by atoms with E-state index in [1.165, 1.54) is 0 Å². The topological polar surface area (TPSA) is 38.5 Å². The largest absolute Gasteiger partial charge is 0.310 e. The predicted octanol–water partition coefficient (Wildman–Crippen LogP) is 1.90. The van der Waals surface area contributed by atoms with Gasteiger partial charge in [0.2, 0.25) is 5.54 Å². The summed E-state index contributed by atoms with van der Waals surface area (Å²) in [5.41, 5.74) is -0.390. The van der Waals surface area contributed by atoms with Crippen LogP contribution in [0.2, 0.25) is 0 Å². The van der Waals surface area contributed by atoms with Crippen molar-refractivity contribution < 1.29 is 8.42 Å². The Hall–Kier alpha value is -0.560. The van der Waals surface area contributed by atoms with Crippen LogP contribution in [-0.2, 0) is 9.84 Å². The van der Waals surface area contributed by atoms with E-state index < -0.39 is 9.84 Å². The van der Waals surface area contributed by atoms with Crippen molar-refractivity contribution in [2.75, 3.05) is 11.5 Å². The molecule has 0 amide bonds. The highest BCUT2D eigenvalue weighted by Gasteiger charge is 2.70. The van der Waals surface area contributed by atoms with E-state index in [2.05, 4.69) is 25.6 Å². The normalized spacial score (nSPS) is 30.0. The van der Waals surface area contributed by atoms with Gasteiger partial charge in [0.1, 0.15) is 0 Å². The molecule has 0 bridgehead atoms. The fourth-order valence-corrected chi connectivity index (χ4v) is 5.25. The first-order valence-electron chi connectivity index (χ1n) is 5.23. The van der Waals surface area contributed by atoms with Crippen molar-refractivity contribution in [3.63, 3.8) is 0 Å². The van der Waals surface area contributed by atoms with Crippen LogP contribution in [0.4, 0.5) is 0 Å². The van der Waals surface area contributed by atoms with E-state index in [0.29, 0.717) is 11.5 Å². The van der Waals surface area contributed by atoms with Gasteiger partial charge in [0.25, 0.3) is 0 Å². The molecule has 0 radical (unpaired) electrons. The maximum Gasteiger partial charge on any atom is 0.238 e. The van der Waals surface area contributed by atoms with Gasteiger partial charge in [0, 0.05) is 23.7 Å². The van der Waals surface area contributed by atoms with Crippen LogP contribution in [0.3, 0.4) is 0 Å². The maximum absolute atomic E-state index is 11.2. The second-order valence-electron chi connectivity index (χ2n) is 6.28. The van der Waals surface area contributed by atoms with Gasteiger partial charge in [0.05, 0.1) is 11.5 Å². The third kappa shape index (κ3) is 1.40. The van der Waals surface area contributed by atoms with Gasteiger partial charge in [-0.3, -0.25) is 0 Å². The van der Waals surface area contributed by atoms with E-state index >= 15 is 0 Å². The number of hydrogen-bond acceptors (Lipinski definition) is 2. The smallest absolute Gasteiger partial charge is 0.238 e. The van der Waals surface area contributed by atoms with Crippen molar-refractivity contribution in [1.29, 1.82) is 0 Å². The summed E-state index contributed by atoms with van der Waals surface area (Å²) in [5, 5.41) is 0. The maximum atomic E-state index is 11.2. The molecule has 2 aliphatic rings. The molecule has 1 spiro atoms. The Balaban J connectivity index is 2.13. The van der Waals surface area contributed by atoms with Crippen LogP contribution in [0.5, 0.6) is 0 Å². The van der Waals surface area contributed by atoms with Crippen molar-refractivity contribution in [2.24, 2.45) is 10.8 Å². The molecule has 0 N–H and O–H groups in total. The summed E-state index contributed by atoms with van der Waals surface area (Å²) in [6.07, 6.45) is 1.54. The first-order valence-corrected chi connectivity index (χ1v) is 7.05. The van der Waals surface area contributed by atoms with Crippen molar-refractivity contribution in [3.05, 3.63) is 11.4 Å². The molecule has 15 heavy (non-hydrogen) atoms. The van der Waals surface area contributed by atoms with Crippen molar-refractivity contribution in [3.8, 4) is 0 Å². The Labute approximate surface area is 91.6 Å². The molecule has 84 valence electrons. The summed E-state index contributed by atoms with van der Waals surface area (Å²) in [6.45, 7) is 13.5. The third-order valence-electron chi connectivity index (χ3n) is 4.00. The van der Waals surface area contributed by atoms with E-state index in [9.17, 15) is 8.42 Å². The van der Waals surface area contributed by atoms with Crippen LogP contribution in [0, 0.1) is 17.4 Å². The lowest BCUT2D eigenvalue weighted by Gasteiger charge is -2.57. The lowest BCUT2D eigenvalue weighted by molar-refractivity contribution is 0.00704. The van der Waals surface area contributed by atoms with Crippen LogP contribution in [0.25, 0.3) is 4.85 Å². The van der Waals surface area contributed by atoms with Crippen LogP contribution in [-0.4, -0.2) is 25.5 Å². The molecule has 2 fully saturated rings. The molecule has 0 aromatic rings. The molecule has 0 unspecified atom stereocenters. The van der Waals surface area contributed by atoms with Crippen LogP contribution < -0.4 is 0 Å². The Bertz CT molecular complexity index is 416. The number of hydrogen-bond donors (Lipinski definition) is 0. The number of sulfone groups is 1. The molecule has 1 aliphatic carbocycles. The lowest BCUT2D eigenvalue weighted by atomic mass is 9.50. The van der Waals surface area contributed by atoms with Gasteiger partial charge in [-0.2, -0.15) is 0 Å². The highest BCUT2D eigenvalue weighted by Crippen LogP contribution is 2.62. The summed E-state index contributed by atoms with van der Waals surface area (Å²) in [7, 11) is -2.76. The molecule has 1 heterocycles. The highest BCUT2D eigenvalue weighted by molar-refractivity contribution is 7.92. The minimum Gasteiger partial charge on any atom is -0.310 e. The lowest BCUT2D eigenvalue weighted by Crippen LogP contribution is -2.66. The second-order valence-corrected chi connectivity index (χ2v) is 8.34. The zero-order valence-corrected chi connectivity index (χ0v) is 10.3. The molecule has 0 aromatic heterocycles. The summed E-state index contributed by atoms with van der Waals surface area (Å²) in [5.74, 6) is 0.626. The number of rotatable bonds is 0. The minimum absolute atomic E-state index is 0.0311. The number of nitrogens with zero attached hydrogens (tertiary/aromatic N) is 1. The van der Waals surface area contributed by atoms with Gasteiger partial charge in [0.15, 0.2) is 9.84 Å².